The van der Waals surface area contributed by atoms with Crippen LogP contribution in [0.1, 0.15) is 26.2 Å². The zero-order chi connectivity index (χ0) is 18.3. The maximum atomic E-state index is 12.5. The Bertz CT molecular complexity index is 735. The highest BCUT2D eigenvalue weighted by Crippen LogP contribution is 2.21. The zero-order valence-corrected chi connectivity index (χ0v) is 14.9. The van der Waals surface area contributed by atoms with Crippen LogP contribution in [0, 0.1) is 0 Å². The van der Waals surface area contributed by atoms with Gasteiger partial charge in [0.25, 0.3) is 0 Å². The van der Waals surface area contributed by atoms with Gasteiger partial charge in [0.1, 0.15) is 0 Å². The van der Waals surface area contributed by atoms with Crippen molar-refractivity contribution in [2.45, 2.75) is 31.1 Å². The first-order valence-electron chi connectivity index (χ1n) is 8.19. The number of nitrogens with one attached hydrogen (secondary N) is 1. The van der Waals surface area contributed by atoms with Crippen LogP contribution in [-0.4, -0.2) is 44.3 Å². The number of sulfonamides is 1. The highest BCUT2D eigenvalue weighted by molar-refractivity contribution is 7.89. The van der Waals surface area contributed by atoms with Gasteiger partial charge in [0.05, 0.1) is 11.5 Å². The van der Waals surface area contributed by atoms with E-state index in [9.17, 15) is 18.0 Å². The summed E-state index contributed by atoms with van der Waals surface area (Å²) in [5, 5.41) is 2.56. The van der Waals surface area contributed by atoms with E-state index in [-0.39, 0.29) is 11.5 Å². The number of nitrogens with zero attached hydrogens (tertiary/aromatic N) is 1. The van der Waals surface area contributed by atoms with Crippen LogP contribution in [0.25, 0.3) is 0 Å². The maximum absolute atomic E-state index is 12.5. The molecule has 1 aliphatic heterocycles. The van der Waals surface area contributed by atoms with Crippen molar-refractivity contribution in [2.75, 3.05) is 25.0 Å². The standard InChI is InChI=1S/C17H22N2O5S/c1-2-24-17(21)11-10-16(20)18-14-6-8-15(9-7-14)25(22,23)19-12-4-3-5-13-19/h6-11H,2-5,12-13H2,1H3,(H,18,20). The van der Waals surface area contributed by atoms with E-state index in [1.165, 1.54) is 28.6 Å². The monoisotopic (exact) mass is 366 g/mol. The first-order valence-corrected chi connectivity index (χ1v) is 9.63. The summed E-state index contributed by atoms with van der Waals surface area (Å²) < 4.78 is 31.2. The lowest BCUT2D eigenvalue weighted by Crippen LogP contribution is -2.35. The number of carbonyl (C=O) groups is 2. The van der Waals surface area contributed by atoms with Gasteiger partial charge >= 0.3 is 5.97 Å². The van der Waals surface area contributed by atoms with E-state index in [0.717, 1.165) is 31.4 Å². The smallest absolute Gasteiger partial charge is 0.330 e. The Balaban J connectivity index is 1.99. The van der Waals surface area contributed by atoms with Gasteiger partial charge in [-0.2, -0.15) is 4.31 Å². The molecule has 0 aromatic heterocycles. The van der Waals surface area contributed by atoms with E-state index < -0.39 is 21.9 Å². The lowest BCUT2D eigenvalue weighted by atomic mass is 10.2. The second-order valence-corrected chi connectivity index (χ2v) is 7.50. The second kappa shape index (κ2) is 8.77. The molecule has 1 heterocycles. The van der Waals surface area contributed by atoms with E-state index in [2.05, 4.69) is 10.1 Å². The molecule has 0 saturated carbocycles. The predicted molar refractivity (Wildman–Crippen MR) is 93.5 cm³/mol. The molecule has 0 aliphatic carbocycles. The molecule has 0 radical (unpaired) electrons. The Hall–Kier alpha value is -2.19. The molecule has 1 fully saturated rings. The Kier molecular flexibility index (Phi) is 6.72. The van der Waals surface area contributed by atoms with Crippen molar-refractivity contribution in [1.82, 2.24) is 4.31 Å². The third-order valence-corrected chi connectivity index (χ3v) is 5.64. The summed E-state index contributed by atoms with van der Waals surface area (Å²) in [4.78, 5) is 23.1. The number of anilines is 1. The van der Waals surface area contributed by atoms with Crippen molar-refractivity contribution < 1.29 is 22.7 Å². The summed E-state index contributed by atoms with van der Waals surface area (Å²) in [6.45, 7) is 2.99. The molecule has 0 spiro atoms. The number of piperidine rings is 1. The lowest BCUT2D eigenvalue weighted by Gasteiger charge is -2.25. The van der Waals surface area contributed by atoms with Crippen LogP contribution in [0.15, 0.2) is 41.3 Å². The SMILES string of the molecule is CCOC(=O)C=CC(=O)Nc1ccc(S(=O)(=O)N2CCCCC2)cc1. The molecule has 8 heteroatoms. The van der Waals surface area contributed by atoms with Crippen LogP contribution in [0.2, 0.25) is 0 Å². The highest BCUT2D eigenvalue weighted by atomic mass is 32.2. The number of amides is 1. The fourth-order valence-corrected chi connectivity index (χ4v) is 4.00. The highest BCUT2D eigenvalue weighted by Gasteiger charge is 2.25. The van der Waals surface area contributed by atoms with E-state index in [1.54, 1.807) is 6.92 Å². The van der Waals surface area contributed by atoms with Gasteiger partial charge < -0.3 is 10.1 Å². The fraction of sp³-hybridized carbons (Fsp3) is 0.412. The molecule has 0 unspecified atom stereocenters. The van der Waals surface area contributed by atoms with Gasteiger partial charge in [-0.1, -0.05) is 6.42 Å². The fourth-order valence-electron chi connectivity index (χ4n) is 2.48. The van der Waals surface area contributed by atoms with Crippen LogP contribution in [-0.2, 0) is 24.3 Å². The van der Waals surface area contributed by atoms with Crippen LogP contribution in [0.4, 0.5) is 5.69 Å². The Labute approximate surface area is 147 Å². The molecule has 1 aromatic rings. The molecule has 1 N–H and O–H groups in total. The summed E-state index contributed by atoms with van der Waals surface area (Å²) in [5.41, 5.74) is 0.441. The average molecular weight is 366 g/mol. The largest absolute Gasteiger partial charge is 0.463 e. The molecule has 136 valence electrons. The molecular formula is C17H22N2O5S. The normalized spacial score (nSPS) is 15.9. The summed E-state index contributed by atoms with van der Waals surface area (Å²) in [7, 11) is -3.49. The average Bonchev–Trinajstić information content (AvgIpc) is 2.61. The Morgan fingerprint density at radius 3 is 2.36 bits per heavy atom. The van der Waals surface area contributed by atoms with Crippen molar-refractivity contribution in [1.29, 1.82) is 0 Å². The number of ether oxygens (including phenoxy) is 1. The van der Waals surface area contributed by atoms with Crippen LogP contribution in [0.3, 0.4) is 0 Å². The number of rotatable bonds is 6. The molecule has 1 aliphatic rings. The molecular weight excluding hydrogens is 344 g/mol. The topological polar surface area (TPSA) is 92.8 Å². The third kappa shape index (κ3) is 5.40. The van der Waals surface area contributed by atoms with Crippen molar-refractivity contribution >= 4 is 27.6 Å². The number of hydrogen-bond donors (Lipinski definition) is 1. The van der Waals surface area contributed by atoms with Crippen molar-refractivity contribution in [2.24, 2.45) is 0 Å². The van der Waals surface area contributed by atoms with Crippen LogP contribution in [0.5, 0.6) is 0 Å². The zero-order valence-electron chi connectivity index (χ0n) is 14.1. The van der Waals surface area contributed by atoms with Crippen molar-refractivity contribution in [3.05, 3.63) is 36.4 Å². The Morgan fingerprint density at radius 2 is 1.76 bits per heavy atom. The third-order valence-electron chi connectivity index (χ3n) is 3.73. The van der Waals surface area contributed by atoms with Gasteiger partial charge in [-0.25, -0.2) is 13.2 Å². The molecule has 2 rings (SSSR count). The minimum absolute atomic E-state index is 0.203. The van der Waals surface area contributed by atoms with Gasteiger partial charge in [-0.05, 0) is 44.0 Å². The lowest BCUT2D eigenvalue weighted by molar-refractivity contribution is -0.137. The minimum Gasteiger partial charge on any atom is -0.463 e. The second-order valence-electron chi connectivity index (χ2n) is 5.56. The first kappa shape index (κ1) is 19.1. The van der Waals surface area contributed by atoms with Gasteiger partial charge in [-0.3, -0.25) is 4.79 Å². The summed E-state index contributed by atoms with van der Waals surface area (Å²) in [6.07, 6.45) is 4.90. The minimum atomic E-state index is -3.49. The predicted octanol–water partition coefficient (Wildman–Crippen LogP) is 1.92. The summed E-state index contributed by atoms with van der Waals surface area (Å²) >= 11 is 0. The number of hydrogen-bond acceptors (Lipinski definition) is 5. The maximum Gasteiger partial charge on any atom is 0.330 e. The number of carbonyl (C=O) groups excluding carboxylic acids is 2. The van der Waals surface area contributed by atoms with Crippen LogP contribution >= 0.6 is 0 Å². The Morgan fingerprint density at radius 1 is 1.12 bits per heavy atom. The molecule has 1 aromatic carbocycles. The molecule has 0 bridgehead atoms. The first-order chi connectivity index (χ1) is 11.9. The van der Waals surface area contributed by atoms with E-state index >= 15 is 0 Å². The molecule has 0 atom stereocenters. The van der Waals surface area contributed by atoms with Crippen molar-refractivity contribution in [3.63, 3.8) is 0 Å². The van der Waals surface area contributed by atoms with E-state index in [0.29, 0.717) is 18.8 Å². The molecule has 1 saturated heterocycles. The van der Waals surface area contributed by atoms with E-state index in [4.69, 9.17) is 0 Å². The summed E-state index contributed by atoms with van der Waals surface area (Å²) in [6, 6.07) is 5.98. The van der Waals surface area contributed by atoms with Gasteiger partial charge in [0, 0.05) is 30.9 Å². The molecule has 1 amide bonds. The van der Waals surface area contributed by atoms with Gasteiger partial charge in [0.15, 0.2) is 0 Å². The van der Waals surface area contributed by atoms with Crippen molar-refractivity contribution in [3.8, 4) is 0 Å². The molecule has 25 heavy (non-hydrogen) atoms. The summed E-state index contributed by atoms with van der Waals surface area (Å²) in [5.74, 6) is -1.10. The van der Waals surface area contributed by atoms with Gasteiger partial charge in [0.2, 0.25) is 15.9 Å². The van der Waals surface area contributed by atoms with Crippen LogP contribution < -0.4 is 5.32 Å². The molecule has 7 nitrogen and oxygen atoms in total. The number of benzene rings is 1. The van der Waals surface area contributed by atoms with Gasteiger partial charge in [-0.15, -0.1) is 0 Å². The number of esters is 1. The van der Waals surface area contributed by atoms with E-state index in [1.807, 2.05) is 0 Å². The quantitative estimate of drug-likeness (QED) is 0.613.